The lowest BCUT2D eigenvalue weighted by molar-refractivity contribution is -0.131. The van der Waals surface area contributed by atoms with Crippen LogP contribution >= 0.6 is 0 Å². The molecule has 0 aliphatic heterocycles. The normalized spacial score (nSPS) is 10.5. The van der Waals surface area contributed by atoms with Gasteiger partial charge in [0.1, 0.15) is 11.6 Å². The van der Waals surface area contributed by atoms with Gasteiger partial charge >= 0.3 is 11.9 Å². The number of hydrogen-bond donors (Lipinski definition) is 0. The van der Waals surface area contributed by atoms with Crippen molar-refractivity contribution in [3.05, 3.63) is 96.1 Å². The minimum Gasteiger partial charge on any atom is -0.423 e. The van der Waals surface area contributed by atoms with E-state index < -0.39 is 23.6 Å². The summed E-state index contributed by atoms with van der Waals surface area (Å²) in [7, 11) is 0. The Bertz CT molecular complexity index is 1290. The Labute approximate surface area is 190 Å². The van der Waals surface area contributed by atoms with Gasteiger partial charge in [0.15, 0.2) is 11.6 Å². The van der Waals surface area contributed by atoms with E-state index in [0.717, 1.165) is 0 Å². The zero-order chi connectivity index (χ0) is 24.3. The summed E-state index contributed by atoms with van der Waals surface area (Å²) in [4.78, 5) is 23.3. The lowest BCUT2D eigenvalue weighted by Crippen LogP contribution is -2.09. The van der Waals surface area contributed by atoms with Crippen molar-refractivity contribution in [1.29, 1.82) is 0 Å². The monoisotopic (exact) mass is 448 g/mol. The summed E-state index contributed by atoms with van der Waals surface area (Å²) in [5.41, 5.74) is 2.90. The molecule has 0 N–H and O–H groups in total. The SMILES string of the molecule is C=C(C)C(=O)Oc1ccc(-c2ccc(-c3ccc(OC(=O)C(=C)C)c(F)c3)cc2F)cc1C. The predicted molar refractivity (Wildman–Crippen MR) is 123 cm³/mol. The van der Waals surface area contributed by atoms with Crippen LogP contribution in [0, 0.1) is 18.6 Å². The topological polar surface area (TPSA) is 52.6 Å². The minimum absolute atomic E-state index is 0.147. The number of carbonyl (C=O) groups is 2. The molecule has 33 heavy (non-hydrogen) atoms. The summed E-state index contributed by atoms with van der Waals surface area (Å²) in [6, 6.07) is 13.5. The molecule has 3 aromatic carbocycles. The third-order valence-electron chi connectivity index (χ3n) is 4.82. The second kappa shape index (κ2) is 9.61. The predicted octanol–water partition coefficient (Wildman–Crippen LogP) is 6.57. The molecule has 0 amide bonds. The Balaban J connectivity index is 1.86. The molecule has 0 heterocycles. The number of hydrogen-bond acceptors (Lipinski definition) is 4. The molecule has 0 saturated heterocycles. The second-order valence-corrected chi connectivity index (χ2v) is 7.66. The fourth-order valence-electron chi connectivity index (χ4n) is 3.00. The summed E-state index contributed by atoms with van der Waals surface area (Å²) in [5, 5.41) is 0. The van der Waals surface area contributed by atoms with E-state index in [2.05, 4.69) is 13.2 Å². The first kappa shape index (κ1) is 23.6. The van der Waals surface area contributed by atoms with Crippen LogP contribution in [-0.4, -0.2) is 11.9 Å². The van der Waals surface area contributed by atoms with Gasteiger partial charge in [0.05, 0.1) is 0 Å². The van der Waals surface area contributed by atoms with Crippen molar-refractivity contribution in [3.63, 3.8) is 0 Å². The van der Waals surface area contributed by atoms with Crippen LogP contribution in [0.2, 0.25) is 0 Å². The average molecular weight is 448 g/mol. The number of benzene rings is 3. The van der Waals surface area contributed by atoms with E-state index in [4.69, 9.17) is 9.47 Å². The molecule has 168 valence electrons. The highest BCUT2D eigenvalue weighted by atomic mass is 19.1. The van der Waals surface area contributed by atoms with Gasteiger partial charge < -0.3 is 9.47 Å². The fourth-order valence-corrected chi connectivity index (χ4v) is 3.00. The summed E-state index contributed by atoms with van der Waals surface area (Å²) < 4.78 is 39.5. The van der Waals surface area contributed by atoms with Gasteiger partial charge in [-0.05, 0) is 73.4 Å². The van der Waals surface area contributed by atoms with Crippen LogP contribution in [0.15, 0.2) is 78.9 Å². The molecule has 0 aromatic heterocycles. The highest BCUT2D eigenvalue weighted by Crippen LogP contribution is 2.32. The van der Waals surface area contributed by atoms with E-state index in [0.29, 0.717) is 33.6 Å². The van der Waals surface area contributed by atoms with Crippen LogP contribution in [0.5, 0.6) is 11.5 Å². The van der Waals surface area contributed by atoms with Gasteiger partial charge in [0.25, 0.3) is 0 Å². The second-order valence-electron chi connectivity index (χ2n) is 7.66. The molecule has 3 aromatic rings. The van der Waals surface area contributed by atoms with E-state index >= 15 is 0 Å². The molecule has 6 heteroatoms. The highest BCUT2D eigenvalue weighted by molar-refractivity contribution is 5.89. The van der Waals surface area contributed by atoms with Gasteiger partial charge in [-0.1, -0.05) is 37.4 Å². The summed E-state index contributed by atoms with van der Waals surface area (Å²) >= 11 is 0. The molecule has 0 aliphatic rings. The lowest BCUT2D eigenvalue weighted by atomic mass is 9.98. The van der Waals surface area contributed by atoms with Crippen LogP contribution in [-0.2, 0) is 9.59 Å². The van der Waals surface area contributed by atoms with Crippen LogP contribution in [0.3, 0.4) is 0 Å². The molecular formula is C27H22F2O4. The third kappa shape index (κ3) is 5.41. The first-order chi connectivity index (χ1) is 15.6. The van der Waals surface area contributed by atoms with Gasteiger partial charge in [-0.25, -0.2) is 18.4 Å². The molecule has 4 nitrogen and oxygen atoms in total. The van der Waals surface area contributed by atoms with Crippen LogP contribution in [0.1, 0.15) is 19.4 Å². The molecule has 0 unspecified atom stereocenters. The molecule has 0 saturated carbocycles. The summed E-state index contributed by atoms with van der Waals surface area (Å²) in [6.45, 7) is 11.8. The lowest BCUT2D eigenvalue weighted by Gasteiger charge is -2.11. The molecule has 0 spiro atoms. The largest absolute Gasteiger partial charge is 0.423 e. The molecule has 0 radical (unpaired) electrons. The smallest absolute Gasteiger partial charge is 0.338 e. The minimum atomic E-state index is -0.748. The zero-order valence-corrected chi connectivity index (χ0v) is 18.5. The van der Waals surface area contributed by atoms with Gasteiger partial charge in [-0.2, -0.15) is 0 Å². The van der Waals surface area contributed by atoms with E-state index in [1.54, 1.807) is 44.2 Å². The summed E-state index contributed by atoms with van der Waals surface area (Å²) in [6.07, 6.45) is 0. The number of halogens is 2. The quantitative estimate of drug-likeness (QED) is 0.243. The third-order valence-corrected chi connectivity index (χ3v) is 4.82. The molecule has 0 atom stereocenters. The van der Waals surface area contributed by atoms with Gasteiger partial charge in [0.2, 0.25) is 0 Å². The maximum absolute atomic E-state index is 14.9. The van der Waals surface area contributed by atoms with Gasteiger partial charge in [-0.15, -0.1) is 0 Å². The average Bonchev–Trinajstić information content (AvgIpc) is 2.76. The van der Waals surface area contributed by atoms with Crippen molar-refractivity contribution in [2.45, 2.75) is 20.8 Å². The Hall–Kier alpha value is -4.06. The fraction of sp³-hybridized carbons (Fsp3) is 0.111. The molecule has 0 fully saturated rings. The van der Waals surface area contributed by atoms with Crippen molar-refractivity contribution in [3.8, 4) is 33.8 Å². The first-order valence-corrected chi connectivity index (χ1v) is 10.0. The number of rotatable bonds is 6. The van der Waals surface area contributed by atoms with Crippen molar-refractivity contribution < 1.29 is 27.8 Å². The van der Waals surface area contributed by atoms with E-state index in [9.17, 15) is 18.4 Å². The molecule has 0 aliphatic carbocycles. The first-order valence-electron chi connectivity index (χ1n) is 10.0. The van der Waals surface area contributed by atoms with Crippen LogP contribution in [0.4, 0.5) is 8.78 Å². The Morgan fingerprint density at radius 1 is 0.697 bits per heavy atom. The van der Waals surface area contributed by atoms with Crippen LogP contribution in [0.25, 0.3) is 22.3 Å². The van der Waals surface area contributed by atoms with Crippen molar-refractivity contribution in [1.82, 2.24) is 0 Å². The standard InChI is InChI=1S/C27H22F2O4/c1-15(2)26(30)32-24-10-8-20(12-17(24)5)21-9-6-18(13-22(21)28)19-7-11-25(23(29)14-19)33-27(31)16(3)4/h6-14H,1,3H2,2,4-5H3. The summed E-state index contributed by atoms with van der Waals surface area (Å²) in [5.74, 6) is -2.38. The van der Waals surface area contributed by atoms with E-state index in [1.165, 1.54) is 31.2 Å². The van der Waals surface area contributed by atoms with Crippen molar-refractivity contribution in [2.75, 3.05) is 0 Å². The Morgan fingerprint density at radius 2 is 1.18 bits per heavy atom. The van der Waals surface area contributed by atoms with Crippen molar-refractivity contribution in [2.24, 2.45) is 0 Å². The van der Waals surface area contributed by atoms with Crippen molar-refractivity contribution >= 4 is 11.9 Å². The number of esters is 2. The van der Waals surface area contributed by atoms with Crippen LogP contribution < -0.4 is 9.47 Å². The van der Waals surface area contributed by atoms with E-state index in [-0.39, 0.29) is 16.9 Å². The maximum atomic E-state index is 14.9. The Kier molecular flexibility index (Phi) is 6.87. The molecule has 0 bridgehead atoms. The number of ether oxygens (including phenoxy) is 2. The van der Waals surface area contributed by atoms with Gasteiger partial charge in [-0.3, -0.25) is 0 Å². The van der Waals surface area contributed by atoms with Gasteiger partial charge in [0, 0.05) is 16.7 Å². The molecular weight excluding hydrogens is 426 g/mol. The molecule has 3 rings (SSSR count). The maximum Gasteiger partial charge on any atom is 0.338 e. The highest BCUT2D eigenvalue weighted by Gasteiger charge is 2.14. The van der Waals surface area contributed by atoms with E-state index in [1.807, 2.05) is 0 Å². The number of aryl methyl sites for hydroxylation is 1. The Morgan fingerprint density at radius 3 is 1.70 bits per heavy atom. The zero-order valence-electron chi connectivity index (χ0n) is 18.5. The number of carbonyl (C=O) groups excluding carboxylic acids is 2.